The van der Waals surface area contributed by atoms with Gasteiger partial charge in [-0.15, -0.1) is 0 Å². The number of benzene rings is 2. The number of aryl methyl sites for hydroxylation is 1. The second-order valence-corrected chi connectivity index (χ2v) is 8.33. The van der Waals surface area contributed by atoms with Crippen LogP contribution in [0.1, 0.15) is 63.8 Å². The minimum atomic E-state index is -0.258. The van der Waals surface area contributed by atoms with Gasteiger partial charge < -0.3 is 19.3 Å². The van der Waals surface area contributed by atoms with Gasteiger partial charge in [0.15, 0.2) is 0 Å². The summed E-state index contributed by atoms with van der Waals surface area (Å²) in [7, 11) is 0. The third-order valence-electron chi connectivity index (χ3n) is 5.52. The van der Waals surface area contributed by atoms with Gasteiger partial charge in [-0.1, -0.05) is 37.2 Å². The maximum absolute atomic E-state index is 10.9. The molecule has 1 atom stereocenters. The Kier molecular flexibility index (Phi) is 8.82. The van der Waals surface area contributed by atoms with Crippen LogP contribution in [0.3, 0.4) is 0 Å². The van der Waals surface area contributed by atoms with E-state index in [2.05, 4.69) is 21.5 Å². The molecular formula is C27H35N3O4. The zero-order chi connectivity index (χ0) is 24.7. The zero-order valence-electron chi connectivity index (χ0n) is 21.0. The first-order chi connectivity index (χ1) is 16.4. The van der Waals surface area contributed by atoms with Gasteiger partial charge in [-0.25, -0.2) is 0 Å². The van der Waals surface area contributed by atoms with Crippen LogP contribution in [0.25, 0.3) is 22.8 Å². The molecule has 34 heavy (non-hydrogen) atoms. The molecule has 0 aliphatic heterocycles. The number of hydrogen-bond acceptors (Lipinski definition) is 7. The molecule has 0 radical (unpaired) electrons. The second-order valence-electron chi connectivity index (χ2n) is 8.33. The predicted octanol–water partition coefficient (Wildman–Crippen LogP) is 5.67. The first kappa shape index (κ1) is 25.4. The molecule has 3 aromatic rings. The minimum Gasteiger partial charge on any atom is -0.491 e. The monoisotopic (exact) mass is 465 g/mol. The van der Waals surface area contributed by atoms with Crippen LogP contribution in [0.2, 0.25) is 0 Å². The maximum atomic E-state index is 10.9. The fraction of sp³-hybridized carbons (Fsp3) is 0.444. The Morgan fingerprint density at radius 2 is 2.03 bits per heavy atom. The van der Waals surface area contributed by atoms with E-state index in [4.69, 9.17) is 14.0 Å². The molecule has 4 rings (SSSR count). The molecule has 2 aromatic carbocycles. The van der Waals surface area contributed by atoms with Gasteiger partial charge in [-0.05, 0) is 68.5 Å². The van der Waals surface area contributed by atoms with Crippen molar-refractivity contribution in [1.29, 1.82) is 0 Å². The van der Waals surface area contributed by atoms with Gasteiger partial charge in [0.2, 0.25) is 5.82 Å². The smallest absolute Gasteiger partial charge is 0.302 e. The zero-order valence-corrected chi connectivity index (χ0v) is 21.0. The quantitative estimate of drug-likeness (QED) is 0.339. The van der Waals surface area contributed by atoms with Crippen LogP contribution < -0.4 is 10.1 Å². The molecule has 0 amide bonds. The average molecular weight is 466 g/mol. The van der Waals surface area contributed by atoms with E-state index in [1.54, 1.807) is 0 Å². The maximum Gasteiger partial charge on any atom is 0.302 e. The predicted molar refractivity (Wildman–Crippen MR) is 133 cm³/mol. The Morgan fingerprint density at radius 3 is 2.74 bits per heavy atom. The van der Waals surface area contributed by atoms with Gasteiger partial charge in [0.05, 0.1) is 6.10 Å². The molecule has 7 heteroatoms. The van der Waals surface area contributed by atoms with Crippen LogP contribution in [0, 0.1) is 6.92 Å². The SMILES string of the molecule is CC.CC(=O)OCCN[C@@H]1CCc2c(-c3noc(-c4ccc(OC(C)C)c(C)c4)n3)cccc21. The molecule has 0 spiro atoms. The third-order valence-corrected chi connectivity index (χ3v) is 5.52. The Hall–Kier alpha value is -3.19. The molecule has 0 unspecified atom stereocenters. The van der Waals surface area contributed by atoms with Gasteiger partial charge in [0.1, 0.15) is 12.4 Å². The summed E-state index contributed by atoms with van der Waals surface area (Å²) in [5.41, 5.74) is 5.37. The highest BCUT2D eigenvalue weighted by atomic mass is 16.5. The van der Waals surface area contributed by atoms with Crippen molar-refractivity contribution >= 4 is 5.97 Å². The number of esters is 1. The van der Waals surface area contributed by atoms with Gasteiger partial charge in [-0.3, -0.25) is 4.79 Å². The number of rotatable bonds is 8. The number of carbonyl (C=O) groups is 1. The lowest BCUT2D eigenvalue weighted by atomic mass is 10.0. The molecule has 1 aromatic heterocycles. The molecule has 0 saturated heterocycles. The van der Waals surface area contributed by atoms with Crippen LogP contribution in [0.15, 0.2) is 40.9 Å². The first-order valence-electron chi connectivity index (χ1n) is 12.0. The molecule has 1 aliphatic rings. The molecule has 182 valence electrons. The van der Waals surface area contributed by atoms with Gasteiger partial charge in [0, 0.05) is 30.6 Å². The van der Waals surface area contributed by atoms with Crippen molar-refractivity contribution in [1.82, 2.24) is 15.5 Å². The summed E-state index contributed by atoms with van der Waals surface area (Å²) in [6.07, 6.45) is 2.03. The highest BCUT2D eigenvalue weighted by Crippen LogP contribution is 2.37. The van der Waals surface area contributed by atoms with E-state index < -0.39 is 0 Å². The Balaban J connectivity index is 0.00000158. The number of nitrogens with one attached hydrogen (secondary N) is 1. The largest absolute Gasteiger partial charge is 0.491 e. The summed E-state index contributed by atoms with van der Waals surface area (Å²) in [5.74, 6) is 1.69. The van der Waals surface area contributed by atoms with Crippen molar-refractivity contribution in [3.63, 3.8) is 0 Å². The summed E-state index contributed by atoms with van der Waals surface area (Å²) in [6, 6.07) is 12.3. The lowest BCUT2D eigenvalue weighted by Crippen LogP contribution is -2.24. The van der Waals surface area contributed by atoms with Gasteiger partial charge >= 0.3 is 5.97 Å². The standard InChI is InChI=1S/C25H29N3O4.C2H6/c1-15(2)31-23-11-8-18(14-16(23)3)25-27-24(28-32-25)21-7-5-6-20-19(21)9-10-22(20)26-12-13-30-17(4)29;1-2/h5-8,11,14-15,22,26H,9-10,12-13H2,1-4H3;1-2H3/t22-;/m1./s1. The van der Waals surface area contributed by atoms with Crippen molar-refractivity contribution < 1.29 is 18.8 Å². The number of hydrogen-bond donors (Lipinski definition) is 1. The second kappa shape index (κ2) is 11.8. The number of ether oxygens (including phenoxy) is 2. The molecule has 7 nitrogen and oxygen atoms in total. The average Bonchev–Trinajstić information content (AvgIpc) is 3.47. The highest BCUT2D eigenvalue weighted by Gasteiger charge is 2.26. The molecular weight excluding hydrogens is 430 g/mol. The third kappa shape index (κ3) is 6.03. The van der Waals surface area contributed by atoms with Crippen molar-refractivity contribution in [2.45, 2.75) is 66.5 Å². The number of nitrogens with zero attached hydrogens (tertiary/aromatic N) is 2. The summed E-state index contributed by atoms with van der Waals surface area (Å²) in [4.78, 5) is 15.6. The van der Waals surface area contributed by atoms with E-state index >= 15 is 0 Å². The summed E-state index contributed by atoms with van der Waals surface area (Å²) < 4.78 is 16.4. The van der Waals surface area contributed by atoms with Crippen molar-refractivity contribution in [2.24, 2.45) is 0 Å². The number of fused-ring (bicyclic) bond motifs is 1. The molecule has 0 fully saturated rings. The van der Waals surface area contributed by atoms with Gasteiger partial charge in [0.25, 0.3) is 5.89 Å². The van der Waals surface area contributed by atoms with E-state index in [-0.39, 0.29) is 18.1 Å². The molecule has 0 saturated carbocycles. The lowest BCUT2D eigenvalue weighted by Gasteiger charge is -2.14. The normalized spacial score (nSPS) is 14.4. The summed E-state index contributed by atoms with van der Waals surface area (Å²) >= 11 is 0. The van der Waals surface area contributed by atoms with Crippen LogP contribution in [0.5, 0.6) is 5.75 Å². The molecule has 0 bridgehead atoms. The Morgan fingerprint density at radius 1 is 1.24 bits per heavy atom. The van der Waals surface area contributed by atoms with Crippen molar-refractivity contribution in [3.05, 3.63) is 53.1 Å². The van der Waals surface area contributed by atoms with E-state index in [1.165, 1.54) is 18.1 Å². The van der Waals surface area contributed by atoms with Gasteiger partial charge in [-0.2, -0.15) is 4.98 Å². The number of carbonyl (C=O) groups excluding carboxylic acids is 1. The Bertz CT molecular complexity index is 1110. The highest BCUT2D eigenvalue weighted by molar-refractivity contribution is 5.67. The van der Waals surface area contributed by atoms with Crippen molar-refractivity contribution in [3.8, 4) is 28.6 Å². The van der Waals surface area contributed by atoms with E-state index in [0.717, 1.165) is 35.3 Å². The fourth-order valence-electron chi connectivity index (χ4n) is 4.12. The number of aromatic nitrogens is 2. The minimum absolute atomic E-state index is 0.120. The van der Waals surface area contributed by atoms with Crippen LogP contribution in [-0.4, -0.2) is 35.4 Å². The molecule has 1 heterocycles. The van der Waals surface area contributed by atoms with Crippen LogP contribution >= 0.6 is 0 Å². The Labute approximate surface area is 201 Å². The molecule has 1 N–H and O–H groups in total. The van der Waals surface area contributed by atoms with E-state index in [1.807, 2.05) is 65.0 Å². The van der Waals surface area contributed by atoms with E-state index in [0.29, 0.717) is 24.9 Å². The van der Waals surface area contributed by atoms with Crippen LogP contribution in [-0.2, 0) is 16.0 Å². The molecule has 1 aliphatic carbocycles. The van der Waals surface area contributed by atoms with Crippen LogP contribution in [0.4, 0.5) is 0 Å². The lowest BCUT2D eigenvalue weighted by molar-refractivity contribution is -0.140. The fourth-order valence-corrected chi connectivity index (χ4v) is 4.12. The summed E-state index contributed by atoms with van der Waals surface area (Å²) in [6.45, 7) is 12.4. The van der Waals surface area contributed by atoms with E-state index in [9.17, 15) is 4.79 Å². The van der Waals surface area contributed by atoms with Crippen molar-refractivity contribution in [2.75, 3.05) is 13.2 Å². The first-order valence-corrected chi connectivity index (χ1v) is 12.0. The summed E-state index contributed by atoms with van der Waals surface area (Å²) in [5, 5.41) is 7.74. The topological polar surface area (TPSA) is 86.5 Å².